The molecule has 0 radical (unpaired) electrons. The van der Waals surface area contributed by atoms with Crippen LogP contribution in [0.3, 0.4) is 0 Å². The lowest BCUT2D eigenvalue weighted by molar-refractivity contribution is 0.419. The molecule has 0 amide bonds. The van der Waals surface area contributed by atoms with Crippen molar-refractivity contribution in [2.75, 3.05) is 7.11 Å². The van der Waals surface area contributed by atoms with Crippen LogP contribution in [0.15, 0.2) is 35.1 Å². The molecule has 0 bridgehead atoms. The van der Waals surface area contributed by atoms with Gasteiger partial charge in [0.05, 0.1) is 12.5 Å². The molecule has 2 rings (SSSR count). The van der Waals surface area contributed by atoms with E-state index >= 15 is 0 Å². The van der Waals surface area contributed by atoms with Gasteiger partial charge in [-0.25, -0.2) is 0 Å². The van der Waals surface area contributed by atoms with Crippen molar-refractivity contribution >= 4 is 17.0 Å². The van der Waals surface area contributed by atoms with Gasteiger partial charge in [0.15, 0.2) is 0 Å². The van der Waals surface area contributed by atoms with E-state index in [1.807, 2.05) is 37.4 Å². The molecule has 1 heterocycles. The highest BCUT2D eigenvalue weighted by atomic mass is 16.5. The van der Waals surface area contributed by atoms with Gasteiger partial charge in [0.1, 0.15) is 5.75 Å². The number of hydrogen-bond donors (Lipinski definition) is 0. The fraction of sp³-hybridized carbons (Fsp3) is 0.353. The van der Waals surface area contributed by atoms with Crippen LogP contribution in [0, 0.1) is 0 Å². The first-order valence-electron chi connectivity index (χ1n) is 7.06. The summed E-state index contributed by atoms with van der Waals surface area (Å²) in [6.07, 6.45) is 6.80. The average Bonchev–Trinajstić information content (AvgIpc) is 2.48. The first kappa shape index (κ1) is 14.4. The van der Waals surface area contributed by atoms with Crippen molar-refractivity contribution in [3.8, 4) is 5.75 Å². The Morgan fingerprint density at radius 3 is 2.75 bits per heavy atom. The van der Waals surface area contributed by atoms with E-state index in [9.17, 15) is 4.79 Å². The molecule has 2 aromatic rings. The second-order valence-corrected chi connectivity index (χ2v) is 4.82. The molecule has 0 N–H and O–H groups in total. The predicted molar refractivity (Wildman–Crippen MR) is 84.4 cm³/mol. The van der Waals surface area contributed by atoms with Crippen molar-refractivity contribution in [2.45, 2.75) is 33.1 Å². The fourth-order valence-corrected chi connectivity index (χ4v) is 2.42. The number of allylic oxidation sites excluding steroid dienone is 1. The van der Waals surface area contributed by atoms with Gasteiger partial charge in [0.2, 0.25) is 0 Å². The van der Waals surface area contributed by atoms with Gasteiger partial charge < -0.3 is 4.74 Å². The number of benzene rings is 1. The smallest absolute Gasteiger partial charge is 0.262 e. The standard InChI is InChI=1S/C17H21NO2/c1-4-6-8-13-12-15-14(9-7-10-16(15)20-3)17(19)18(13)11-5-2/h5,7,9-12H,4,6,8H2,1-3H3/b11-5+. The molecule has 3 heteroatoms. The Balaban J connectivity index is 2.75. The third-order valence-electron chi connectivity index (χ3n) is 3.44. The third-order valence-corrected chi connectivity index (χ3v) is 3.44. The number of hydrogen-bond acceptors (Lipinski definition) is 2. The zero-order valence-corrected chi connectivity index (χ0v) is 12.3. The Morgan fingerprint density at radius 1 is 1.30 bits per heavy atom. The molecular formula is C17H21NO2. The third kappa shape index (κ3) is 2.62. The highest BCUT2D eigenvalue weighted by molar-refractivity contribution is 5.88. The summed E-state index contributed by atoms with van der Waals surface area (Å²) in [6.45, 7) is 4.07. The molecule has 1 aromatic heterocycles. The SMILES string of the molecule is C/C=C/n1c(CCCC)cc2c(OC)cccc2c1=O. The summed E-state index contributed by atoms with van der Waals surface area (Å²) in [5.74, 6) is 0.755. The quantitative estimate of drug-likeness (QED) is 0.827. The van der Waals surface area contributed by atoms with Crippen molar-refractivity contribution in [3.05, 3.63) is 46.4 Å². The zero-order chi connectivity index (χ0) is 14.5. The molecule has 0 aliphatic carbocycles. The number of nitrogens with zero attached hydrogens (tertiary/aromatic N) is 1. The van der Waals surface area contributed by atoms with Crippen LogP contribution in [0.4, 0.5) is 0 Å². The molecule has 3 nitrogen and oxygen atoms in total. The summed E-state index contributed by atoms with van der Waals surface area (Å²) in [7, 11) is 1.64. The summed E-state index contributed by atoms with van der Waals surface area (Å²) in [6, 6.07) is 7.68. The van der Waals surface area contributed by atoms with E-state index in [1.165, 1.54) is 0 Å². The lowest BCUT2D eigenvalue weighted by Crippen LogP contribution is -2.19. The molecule has 0 spiro atoms. The maximum absolute atomic E-state index is 12.6. The first-order valence-corrected chi connectivity index (χ1v) is 7.06. The van der Waals surface area contributed by atoms with Gasteiger partial charge in [-0.1, -0.05) is 25.5 Å². The largest absolute Gasteiger partial charge is 0.496 e. The van der Waals surface area contributed by atoms with Gasteiger partial charge in [-0.05, 0) is 38.0 Å². The zero-order valence-electron chi connectivity index (χ0n) is 12.3. The molecule has 0 fully saturated rings. The Kier molecular flexibility index (Phi) is 4.61. The number of fused-ring (bicyclic) bond motifs is 1. The van der Waals surface area contributed by atoms with Crippen LogP contribution in [-0.2, 0) is 6.42 Å². The lowest BCUT2D eigenvalue weighted by atomic mass is 10.1. The number of methoxy groups -OCH3 is 1. The van der Waals surface area contributed by atoms with Gasteiger partial charge >= 0.3 is 0 Å². The van der Waals surface area contributed by atoms with E-state index in [2.05, 4.69) is 13.0 Å². The van der Waals surface area contributed by atoms with Gasteiger partial charge in [-0.15, -0.1) is 0 Å². The van der Waals surface area contributed by atoms with Gasteiger partial charge in [-0.3, -0.25) is 9.36 Å². The molecule has 0 unspecified atom stereocenters. The van der Waals surface area contributed by atoms with Crippen molar-refractivity contribution in [3.63, 3.8) is 0 Å². The van der Waals surface area contributed by atoms with Crippen LogP contribution in [0.1, 0.15) is 32.4 Å². The van der Waals surface area contributed by atoms with Crippen molar-refractivity contribution in [2.24, 2.45) is 0 Å². The van der Waals surface area contributed by atoms with E-state index < -0.39 is 0 Å². The van der Waals surface area contributed by atoms with E-state index in [0.29, 0.717) is 5.39 Å². The Morgan fingerprint density at radius 2 is 2.10 bits per heavy atom. The molecule has 0 saturated carbocycles. The van der Waals surface area contributed by atoms with Crippen LogP contribution in [-0.4, -0.2) is 11.7 Å². The summed E-state index contributed by atoms with van der Waals surface area (Å²) in [5, 5.41) is 1.59. The van der Waals surface area contributed by atoms with Crippen molar-refractivity contribution in [1.82, 2.24) is 4.57 Å². The number of rotatable bonds is 5. The number of pyridine rings is 1. The van der Waals surface area contributed by atoms with Crippen LogP contribution in [0.5, 0.6) is 5.75 Å². The minimum atomic E-state index is 0.0191. The first-order chi connectivity index (χ1) is 9.72. The topological polar surface area (TPSA) is 31.2 Å². The number of aryl methyl sites for hydroxylation is 1. The minimum absolute atomic E-state index is 0.0191. The molecule has 0 aliphatic rings. The second-order valence-electron chi connectivity index (χ2n) is 4.82. The van der Waals surface area contributed by atoms with Crippen LogP contribution < -0.4 is 10.3 Å². The normalized spacial score (nSPS) is 11.3. The Hall–Kier alpha value is -2.03. The molecule has 0 atom stereocenters. The second kappa shape index (κ2) is 6.42. The van der Waals surface area contributed by atoms with Crippen LogP contribution in [0.2, 0.25) is 0 Å². The van der Waals surface area contributed by atoms with Gasteiger partial charge in [0, 0.05) is 17.3 Å². The van der Waals surface area contributed by atoms with E-state index in [0.717, 1.165) is 36.1 Å². The summed E-state index contributed by atoms with van der Waals surface area (Å²) in [5.41, 5.74) is 1.05. The number of ether oxygens (including phenoxy) is 1. The molecule has 0 aliphatic heterocycles. The average molecular weight is 271 g/mol. The van der Waals surface area contributed by atoms with E-state index in [1.54, 1.807) is 11.7 Å². The number of unbranched alkanes of at least 4 members (excludes halogenated alkanes) is 1. The molecule has 0 saturated heterocycles. The molecule has 106 valence electrons. The van der Waals surface area contributed by atoms with Crippen LogP contribution in [0.25, 0.3) is 17.0 Å². The highest BCUT2D eigenvalue weighted by Gasteiger charge is 2.10. The van der Waals surface area contributed by atoms with Gasteiger partial charge in [-0.2, -0.15) is 0 Å². The number of aromatic nitrogens is 1. The molecule has 1 aromatic carbocycles. The minimum Gasteiger partial charge on any atom is -0.496 e. The maximum atomic E-state index is 12.6. The Bertz CT molecular complexity index is 683. The fourth-order valence-electron chi connectivity index (χ4n) is 2.42. The predicted octanol–water partition coefficient (Wildman–Crippen LogP) is 3.84. The van der Waals surface area contributed by atoms with Gasteiger partial charge in [0.25, 0.3) is 5.56 Å². The molecular weight excluding hydrogens is 250 g/mol. The van der Waals surface area contributed by atoms with Crippen molar-refractivity contribution in [1.29, 1.82) is 0 Å². The summed E-state index contributed by atoms with van der Waals surface area (Å²) >= 11 is 0. The van der Waals surface area contributed by atoms with E-state index in [4.69, 9.17) is 4.74 Å². The van der Waals surface area contributed by atoms with Crippen LogP contribution >= 0.6 is 0 Å². The van der Waals surface area contributed by atoms with E-state index in [-0.39, 0.29) is 5.56 Å². The lowest BCUT2D eigenvalue weighted by Gasteiger charge is -2.12. The highest BCUT2D eigenvalue weighted by Crippen LogP contribution is 2.24. The monoisotopic (exact) mass is 271 g/mol. The Labute approximate surface area is 119 Å². The summed E-state index contributed by atoms with van der Waals surface area (Å²) in [4.78, 5) is 12.6. The van der Waals surface area contributed by atoms with Crippen molar-refractivity contribution < 1.29 is 4.74 Å². The maximum Gasteiger partial charge on any atom is 0.262 e. The molecule has 20 heavy (non-hydrogen) atoms. The summed E-state index contributed by atoms with van der Waals surface area (Å²) < 4.78 is 7.12.